The standard InChI is InChI=1S/C19H19FN2O3/c1-22(11-12-4-7-17(24-2)18(8-12)25-3)19(23)16-10-13-9-14(20)5-6-15(13)21-16/h4-10,21H,11H2,1-3H3. The molecular formula is C19H19FN2O3. The molecule has 0 bridgehead atoms. The van der Waals surface area contributed by atoms with Crippen LogP contribution in [0.4, 0.5) is 4.39 Å². The van der Waals surface area contributed by atoms with Crippen molar-refractivity contribution in [2.24, 2.45) is 0 Å². The highest BCUT2D eigenvalue weighted by Crippen LogP contribution is 2.28. The number of aromatic nitrogens is 1. The SMILES string of the molecule is COc1ccc(CN(C)C(=O)c2cc3cc(F)ccc3[nH]2)cc1OC. The summed E-state index contributed by atoms with van der Waals surface area (Å²) in [5.41, 5.74) is 2.06. The molecule has 130 valence electrons. The molecule has 0 fully saturated rings. The summed E-state index contributed by atoms with van der Waals surface area (Å²) in [5.74, 6) is 0.746. The minimum atomic E-state index is -0.329. The highest BCUT2D eigenvalue weighted by atomic mass is 19.1. The third kappa shape index (κ3) is 3.42. The van der Waals surface area contributed by atoms with Crippen LogP contribution in [0.1, 0.15) is 16.1 Å². The first-order valence-electron chi connectivity index (χ1n) is 7.76. The molecule has 1 heterocycles. The van der Waals surface area contributed by atoms with Gasteiger partial charge >= 0.3 is 0 Å². The topological polar surface area (TPSA) is 54.6 Å². The van der Waals surface area contributed by atoms with Crippen molar-refractivity contribution >= 4 is 16.8 Å². The number of H-pyrrole nitrogens is 1. The van der Waals surface area contributed by atoms with Gasteiger partial charge < -0.3 is 19.4 Å². The van der Waals surface area contributed by atoms with E-state index in [1.165, 1.54) is 12.1 Å². The largest absolute Gasteiger partial charge is 0.493 e. The molecule has 0 unspecified atom stereocenters. The molecule has 0 aliphatic rings. The Labute approximate surface area is 145 Å². The normalized spacial score (nSPS) is 10.7. The lowest BCUT2D eigenvalue weighted by molar-refractivity contribution is 0.0780. The number of ether oxygens (including phenoxy) is 2. The molecule has 1 amide bonds. The first-order valence-corrected chi connectivity index (χ1v) is 7.76. The number of amides is 1. The fourth-order valence-corrected chi connectivity index (χ4v) is 2.75. The van der Waals surface area contributed by atoms with Crippen LogP contribution < -0.4 is 9.47 Å². The number of hydrogen-bond donors (Lipinski definition) is 1. The molecule has 0 radical (unpaired) electrons. The average Bonchev–Trinajstić information content (AvgIpc) is 3.03. The number of benzene rings is 2. The van der Waals surface area contributed by atoms with Crippen LogP contribution in [0.3, 0.4) is 0 Å². The van der Waals surface area contributed by atoms with E-state index in [-0.39, 0.29) is 11.7 Å². The van der Waals surface area contributed by atoms with Gasteiger partial charge in [0.05, 0.1) is 14.2 Å². The van der Waals surface area contributed by atoms with Crippen LogP contribution in [0.2, 0.25) is 0 Å². The van der Waals surface area contributed by atoms with Gasteiger partial charge in [-0.2, -0.15) is 0 Å². The maximum atomic E-state index is 13.3. The third-order valence-electron chi connectivity index (χ3n) is 4.03. The molecule has 0 saturated carbocycles. The fraction of sp³-hybridized carbons (Fsp3) is 0.211. The Bertz CT molecular complexity index is 920. The lowest BCUT2D eigenvalue weighted by atomic mass is 10.2. The van der Waals surface area contributed by atoms with E-state index in [1.54, 1.807) is 44.4 Å². The summed E-state index contributed by atoms with van der Waals surface area (Å²) >= 11 is 0. The number of nitrogens with zero attached hydrogens (tertiary/aromatic N) is 1. The summed E-state index contributed by atoms with van der Waals surface area (Å²) in [4.78, 5) is 17.2. The number of hydrogen-bond acceptors (Lipinski definition) is 3. The van der Waals surface area contributed by atoms with E-state index in [0.717, 1.165) is 11.1 Å². The second-order valence-electron chi connectivity index (χ2n) is 5.77. The highest BCUT2D eigenvalue weighted by Gasteiger charge is 2.16. The first kappa shape index (κ1) is 16.8. The van der Waals surface area contributed by atoms with Crippen LogP contribution in [-0.4, -0.2) is 37.1 Å². The van der Waals surface area contributed by atoms with E-state index in [1.807, 2.05) is 12.1 Å². The molecule has 2 aromatic carbocycles. The Morgan fingerprint density at radius 2 is 1.84 bits per heavy atom. The molecule has 0 aliphatic carbocycles. The molecule has 1 aromatic heterocycles. The van der Waals surface area contributed by atoms with Gasteiger partial charge in [0.15, 0.2) is 11.5 Å². The van der Waals surface area contributed by atoms with Gasteiger partial charge in [-0.1, -0.05) is 6.07 Å². The van der Waals surface area contributed by atoms with Crippen molar-refractivity contribution in [1.29, 1.82) is 0 Å². The van der Waals surface area contributed by atoms with Crippen LogP contribution in [-0.2, 0) is 6.54 Å². The first-order chi connectivity index (χ1) is 12.0. The predicted molar refractivity (Wildman–Crippen MR) is 93.6 cm³/mol. The van der Waals surface area contributed by atoms with Crippen molar-refractivity contribution in [3.63, 3.8) is 0 Å². The molecule has 0 spiro atoms. The number of carbonyl (C=O) groups is 1. The molecule has 1 N–H and O–H groups in total. The van der Waals surface area contributed by atoms with E-state index >= 15 is 0 Å². The molecule has 0 atom stereocenters. The molecule has 5 nitrogen and oxygen atoms in total. The summed E-state index contributed by atoms with van der Waals surface area (Å²) in [7, 11) is 4.86. The second-order valence-corrected chi connectivity index (χ2v) is 5.77. The highest BCUT2D eigenvalue weighted by molar-refractivity contribution is 5.97. The van der Waals surface area contributed by atoms with Gasteiger partial charge in [-0.25, -0.2) is 4.39 Å². The van der Waals surface area contributed by atoms with Crippen molar-refractivity contribution in [2.75, 3.05) is 21.3 Å². The summed E-state index contributed by atoms with van der Waals surface area (Å²) < 4.78 is 23.8. The molecular weight excluding hydrogens is 323 g/mol. The molecule has 0 aliphatic heterocycles. The van der Waals surface area contributed by atoms with Gasteiger partial charge in [0, 0.05) is 24.5 Å². The van der Waals surface area contributed by atoms with Crippen molar-refractivity contribution in [3.8, 4) is 11.5 Å². The quantitative estimate of drug-likeness (QED) is 0.771. The Balaban J connectivity index is 1.79. The number of methoxy groups -OCH3 is 2. The number of fused-ring (bicyclic) bond motifs is 1. The van der Waals surface area contributed by atoms with Gasteiger partial charge in [0.1, 0.15) is 11.5 Å². The van der Waals surface area contributed by atoms with Crippen LogP contribution in [0.15, 0.2) is 42.5 Å². The summed E-state index contributed by atoms with van der Waals surface area (Å²) in [6, 6.07) is 11.6. The number of rotatable bonds is 5. The lowest BCUT2D eigenvalue weighted by Crippen LogP contribution is -2.26. The third-order valence-corrected chi connectivity index (χ3v) is 4.03. The van der Waals surface area contributed by atoms with Gasteiger partial charge in [-0.15, -0.1) is 0 Å². The monoisotopic (exact) mass is 342 g/mol. The zero-order chi connectivity index (χ0) is 18.0. The minimum absolute atomic E-state index is 0.175. The van der Waals surface area contributed by atoms with Gasteiger partial charge in [0.2, 0.25) is 0 Å². The summed E-state index contributed by atoms with van der Waals surface area (Å²) in [6.07, 6.45) is 0. The van der Waals surface area contributed by atoms with Crippen LogP contribution in [0.5, 0.6) is 11.5 Å². The second kappa shape index (κ2) is 6.84. The maximum Gasteiger partial charge on any atom is 0.270 e. The molecule has 6 heteroatoms. The van der Waals surface area contributed by atoms with E-state index in [2.05, 4.69) is 4.98 Å². The smallest absolute Gasteiger partial charge is 0.270 e. The minimum Gasteiger partial charge on any atom is -0.493 e. The summed E-state index contributed by atoms with van der Waals surface area (Å²) in [5, 5.41) is 0.669. The van der Waals surface area contributed by atoms with E-state index in [9.17, 15) is 9.18 Å². The van der Waals surface area contributed by atoms with Crippen LogP contribution in [0.25, 0.3) is 10.9 Å². The Morgan fingerprint density at radius 1 is 1.08 bits per heavy atom. The van der Waals surface area contributed by atoms with Crippen molar-refractivity contribution in [2.45, 2.75) is 6.54 Å². The molecule has 0 saturated heterocycles. The zero-order valence-corrected chi connectivity index (χ0v) is 14.3. The molecule has 3 rings (SSSR count). The van der Waals surface area contributed by atoms with Crippen molar-refractivity contribution < 1.29 is 18.7 Å². The lowest BCUT2D eigenvalue weighted by Gasteiger charge is -2.17. The number of nitrogens with one attached hydrogen (secondary N) is 1. The molecule has 3 aromatic rings. The van der Waals surface area contributed by atoms with Gasteiger partial charge in [-0.3, -0.25) is 4.79 Å². The van der Waals surface area contributed by atoms with Crippen molar-refractivity contribution in [3.05, 3.63) is 59.5 Å². The van der Waals surface area contributed by atoms with Gasteiger partial charge in [0.25, 0.3) is 5.91 Å². The van der Waals surface area contributed by atoms with Crippen LogP contribution >= 0.6 is 0 Å². The molecule has 25 heavy (non-hydrogen) atoms. The number of carbonyl (C=O) groups excluding carboxylic acids is 1. The van der Waals surface area contributed by atoms with Crippen LogP contribution in [0, 0.1) is 5.82 Å². The van der Waals surface area contributed by atoms with E-state index in [0.29, 0.717) is 29.1 Å². The average molecular weight is 342 g/mol. The Morgan fingerprint density at radius 3 is 2.56 bits per heavy atom. The summed E-state index contributed by atoms with van der Waals surface area (Å²) in [6.45, 7) is 0.406. The maximum absolute atomic E-state index is 13.3. The van der Waals surface area contributed by atoms with E-state index < -0.39 is 0 Å². The van der Waals surface area contributed by atoms with Gasteiger partial charge in [-0.05, 0) is 42.0 Å². The number of halogens is 1. The zero-order valence-electron chi connectivity index (χ0n) is 14.3. The predicted octanol–water partition coefficient (Wildman–Crippen LogP) is 3.60. The number of aromatic amines is 1. The Hall–Kier alpha value is -3.02. The van der Waals surface area contributed by atoms with Crippen molar-refractivity contribution in [1.82, 2.24) is 9.88 Å². The Kier molecular flexibility index (Phi) is 4.61. The fourth-order valence-electron chi connectivity index (χ4n) is 2.75. The van der Waals surface area contributed by atoms with E-state index in [4.69, 9.17) is 9.47 Å².